The van der Waals surface area contributed by atoms with Gasteiger partial charge in [0, 0.05) is 25.7 Å². The zero-order valence-corrected chi connectivity index (χ0v) is 12.5. The highest BCUT2D eigenvalue weighted by Crippen LogP contribution is 2.20. The molecule has 0 fully saturated rings. The minimum atomic E-state index is -0.155. The minimum Gasteiger partial charge on any atom is -0.496 e. The van der Waals surface area contributed by atoms with Gasteiger partial charge in [-0.2, -0.15) is 5.10 Å². The van der Waals surface area contributed by atoms with Crippen LogP contribution < -0.4 is 10.5 Å². The van der Waals surface area contributed by atoms with E-state index in [9.17, 15) is 4.79 Å². The lowest BCUT2D eigenvalue weighted by atomic mass is 10.2. The van der Waals surface area contributed by atoms with Gasteiger partial charge in [0.1, 0.15) is 11.4 Å². The molecular formula is C15H20N4O2. The van der Waals surface area contributed by atoms with Crippen LogP contribution in [0.25, 0.3) is 0 Å². The Morgan fingerprint density at radius 2 is 2.14 bits per heavy atom. The van der Waals surface area contributed by atoms with Crippen molar-refractivity contribution >= 4 is 11.6 Å². The quantitative estimate of drug-likeness (QED) is 0.910. The van der Waals surface area contributed by atoms with Crippen molar-refractivity contribution in [1.82, 2.24) is 14.7 Å². The number of hydrogen-bond acceptors (Lipinski definition) is 4. The number of nitrogen functional groups attached to an aromatic ring is 1. The zero-order chi connectivity index (χ0) is 15.4. The van der Waals surface area contributed by atoms with Gasteiger partial charge in [-0.05, 0) is 13.0 Å². The lowest BCUT2D eigenvalue weighted by Gasteiger charge is -2.19. The van der Waals surface area contributed by atoms with Crippen molar-refractivity contribution in [2.75, 3.05) is 19.9 Å². The molecule has 1 amide bonds. The first-order valence-electron chi connectivity index (χ1n) is 6.77. The number of methoxy groups -OCH3 is 1. The van der Waals surface area contributed by atoms with Crippen molar-refractivity contribution in [2.24, 2.45) is 0 Å². The highest BCUT2D eigenvalue weighted by molar-refractivity contribution is 5.97. The summed E-state index contributed by atoms with van der Waals surface area (Å²) in [6.07, 6.45) is 1.51. The number of hydrogen-bond donors (Lipinski definition) is 1. The highest BCUT2D eigenvalue weighted by atomic mass is 16.5. The first-order valence-corrected chi connectivity index (χ1v) is 6.77. The van der Waals surface area contributed by atoms with Crippen molar-refractivity contribution < 1.29 is 9.53 Å². The topological polar surface area (TPSA) is 73.4 Å². The van der Waals surface area contributed by atoms with Crippen molar-refractivity contribution in [2.45, 2.75) is 20.0 Å². The minimum absolute atomic E-state index is 0.155. The number of amides is 1. The summed E-state index contributed by atoms with van der Waals surface area (Å²) < 4.78 is 6.91. The summed E-state index contributed by atoms with van der Waals surface area (Å²) in [6.45, 7) is 2.96. The van der Waals surface area contributed by atoms with Gasteiger partial charge in [-0.15, -0.1) is 0 Å². The van der Waals surface area contributed by atoms with E-state index in [0.29, 0.717) is 24.5 Å². The summed E-state index contributed by atoms with van der Waals surface area (Å²) in [5.41, 5.74) is 7.61. The Labute approximate surface area is 124 Å². The molecule has 1 aromatic carbocycles. The third kappa shape index (κ3) is 2.99. The second kappa shape index (κ2) is 6.30. The molecule has 1 heterocycles. The number of aromatic nitrogens is 2. The van der Waals surface area contributed by atoms with Crippen LogP contribution in [0.3, 0.4) is 0 Å². The molecule has 0 unspecified atom stereocenters. The molecule has 0 bridgehead atoms. The standard InChI is InChI=1S/C15H20N4O2/c1-4-19-14(12(16)9-17-19)15(20)18(2)10-11-7-5-6-8-13(11)21-3/h5-9H,4,10,16H2,1-3H3. The molecule has 6 heteroatoms. The Morgan fingerprint density at radius 1 is 1.43 bits per heavy atom. The van der Waals surface area contributed by atoms with Crippen LogP contribution in [0, 0.1) is 0 Å². The van der Waals surface area contributed by atoms with E-state index in [1.54, 1.807) is 23.7 Å². The Kier molecular flexibility index (Phi) is 4.47. The van der Waals surface area contributed by atoms with E-state index in [-0.39, 0.29) is 5.91 Å². The van der Waals surface area contributed by atoms with Crippen molar-refractivity contribution in [3.05, 3.63) is 41.7 Å². The first-order chi connectivity index (χ1) is 10.1. The fourth-order valence-electron chi connectivity index (χ4n) is 2.22. The number of carbonyl (C=O) groups excluding carboxylic acids is 1. The molecule has 2 aromatic rings. The van der Waals surface area contributed by atoms with Crippen molar-refractivity contribution in [3.8, 4) is 5.75 Å². The van der Waals surface area contributed by atoms with Gasteiger partial charge in [0.25, 0.3) is 5.91 Å². The Morgan fingerprint density at radius 3 is 2.81 bits per heavy atom. The van der Waals surface area contributed by atoms with E-state index >= 15 is 0 Å². The molecule has 0 saturated heterocycles. The first kappa shape index (κ1) is 14.9. The predicted molar refractivity (Wildman–Crippen MR) is 81.1 cm³/mol. The number of ether oxygens (including phenoxy) is 1. The summed E-state index contributed by atoms with van der Waals surface area (Å²) in [5, 5.41) is 4.10. The monoisotopic (exact) mass is 288 g/mol. The largest absolute Gasteiger partial charge is 0.496 e. The number of aryl methyl sites for hydroxylation is 1. The lowest BCUT2D eigenvalue weighted by Crippen LogP contribution is -2.29. The highest BCUT2D eigenvalue weighted by Gasteiger charge is 2.20. The van der Waals surface area contributed by atoms with Crippen molar-refractivity contribution in [3.63, 3.8) is 0 Å². The molecule has 0 saturated carbocycles. The third-order valence-electron chi connectivity index (χ3n) is 3.32. The van der Waals surface area contributed by atoms with Crippen LogP contribution in [0.15, 0.2) is 30.5 Å². The summed E-state index contributed by atoms with van der Waals surface area (Å²) in [4.78, 5) is 14.2. The number of anilines is 1. The van der Waals surface area contributed by atoms with E-state index in [0.717, 1.165) is 11.3 Å². The molecule has 2 rings (SSSR count). The molecule has 0 aliphatic carbocycles. The predicted octanol–water partition coefficient (Wildman–Crippen LogP) is 1.77. The third-order valence-corrected chi connectivity index (χ3v) is 3.32. The Hall–Kier alpha value is -2.50. The summed E-state index contributed by atoms with van der Waals surface area (Å²) in [5.74, 6) is 0.604. The lowest BCUT2D eigenvalue weighted by molar-refractivity contribution is 0.0773. The normalized spacial score (nSPS) is 10.4. The maximum absolute atomic E-state index is 12.6. The Bertz CT molecular complexity index is 636. The van der Waals surface area contributed by atoms with E-state index < -0.39 is 0 Å². The fourth-order valence-corrected chi connectivity index (χ4v) is 2.22. The second-order valence-corrected chi connectivity index (χ2v) is 4.74. The summed E-state index contributed by atoms with van der Waals surface area (Å²) >= 11 is 0. The van der Waals surface area contributed by atoms with Crippen LogP contribution in [0.4, 0.5) is 5.69 Å². The van der Waals surface area contributed by atoms with Crippen LogP contribution >= 0.6 is 0 Å². The van der Waals surface area contributed by atoms with Crippen LogP contribution in [-0.2, 0) is 13.1 Å². The molecule has 2 N–H and O–H groups in total. The number of benzene rings is 1. The van der Waals surface area contributed by atoms with Crippen molar-refractivity contribution in [1.29, 1.82) is 0 Å². The van der Waals surface area contributed by atoms with E-state index in [1.807, 2.05) is 31.2 Å². The van der Waals surface area contributed by atoms with Crippen LogP contribution in [0.5, 0.6) is 5.75 Å². The molecule has 6 nitrogen and oxygen atoms in total. The van der Waals surface area contributed by atoms with Gasteiger partial charge in [0.15, 0.2) is 0 Å². The fraction of sp³-hybridized carbons (Fsp3) is 0.333. The van der Waals surface area contributed by atoms with Crippen LogP contribution in [-0.4, -0.2) is 34.7 Å². The SMILES string of the molecule is CCn1ncc(N)c1C(=O)N(C)Cc1ccccc1OC. The van der Waals surface area contributed by atoms with Gasteiger partial charge < -0.3 is 15.4 Å². The average Bonchev–Trinajstić information content (AvgIpc) is 2.87. The second-order valence-electron chi connectivity index (χ2n) is 4.74. The average molecular weight is 288 g/mol. The van der Waals surface area contributed by atoms with E-state index in [4.69, 9.17) is 10.5 Å². The van der Waals surface area contributed by atoms with Gasteiger partial charge in [0.05, 0.1) is 19.0 Å². The maximum Gasteiger partial charge on any atom is 0.274 e. The Balaban J connectivity index is 2.22. The molecule has 1 aromatic heterocycles. The zero-order valence-electron chi connectivity index (χ0n) is 12.5. The molecule has 0 aliphatic heterocycles. The van der Waals surface area contributed by atoms with Crippen LogP contribution in [0.1, 0.15) is 23.0 Å². The number of nitrogens with zero attached hydrogens (tertiary/aromatic N) is 3. The number of nitrogens with two attached hydrogens (primary N) is 1. The van der Waals surface area contributed by atoms with Gasteiger partial charge in [-0.25, -0.2) is 0 Å². The van der Waals surface area contributed by atoms with Crippen LogP contribution in [0.2, 0.25) is 0 Å². The molecule has 112 valence electrons. The number of rotatable bonds is 5. The summed E-state index contributed by atoms with van der Waals surface area (Å²) in [7, 11) is 3.35. The smallest absolute Gasteiger partial charge is 0.274 e. The number of carbonyl (C=O) groups is 1. The number of para-hydroxylation sites is 1. The molecule has 21 heavy (non-hydrogen) atoms. The van der Waals surface area contributed by atoms with Gasteiger partial charge >= 0.3 is 0 Å². The molecule has 0 atom stereocenters. The molecule has 0 spiro atoms. The van der Waals surface area contributed by atoms with Gasteiger partial charge in [0.2, 0.25) is 0 Å². The van der Waals surface area contributed by atoms with Gasteiger partial charge in [-0.3, -0.25) is 9.48 Å². The summed E-state index contributed by atoms with van der Waals surface area (Å²) in [6, 6.07) is 7.62. The van der Waals surface area contributed by atoms with E-state index in [1.165, 1.54) is 6.20 Å². The molecular weight excluding hydrogens is 268 g/mol. The molecule has 0 radical (unpaired) electrons. The molecule has 0 aliphatic rings. The maximum atomic E-state index is 12.6. The van der Waals surface area contributed by atoms with Gasteiger partial charge in [-0.1, -0.05) is 18.2 Å². The van der Waals surface area contributed by atoms with E-state index in [2.05, 4.69) is 5.10 Å².